The van der Waals surface area contributed by atoms with Gasteiger partial charge in [-0.15, -0.1) is 0 Å². The number of benzene rings is 1. The number of nitrogens with two attached hydrogens (primary N) is 1. The van der Waals surface area contributed by atoms with E-state index in [1.807, 2.05) is 49.9 Å². The first-order valence-electron chi connectivity index (χ1n) is 13.4. The van der Waals surface area contributed by atoms with Crippen LogP contribution in [0.4, 0.5) is 0 Å². The summed E-state index contributed by atoms with van der Waals surface area (Å²) in [7, 11) is 0. The summed E-state index contributed by atoms with van der Waals surface area (Å²) in [6.45, 7) is 9.67. The van der Waals surface area contributed by atoms with E-state index < -0.39 is 17.4 Å². The quantitative estimate of drug-likeness (QED) is 0.625. The summed E-state index contributed by atoms with van der Waals surface area (Å²) in [5, 5.41) is 4.01. The summed E-state index contributed by atoms with van der Waals surface area (Å²) in [5.74, 6) is -0.116. The molecule has 0 radical (unpaired) electrons. The van der Waals surface area contributed by atoms with E-state index in [0.29, 0.717) is 37.0 Å². The average molecular weight is 517 g/mol. The van der Waals surface area contributed by atoms with Gasteiger partial charge in [-0.05, 0) is 55.7 Å². The van der Waals surface area contributed by atoms with Crippen LogP contribution in [0.5, 0.6) is 0 Å². The third-order valence-corrected chi connectivity index (χ3v) is 8.62. The summed E-state index contributed by atoms with van der Waals surface area (Å²) < 4.78 is 0. The monoisotopic (exact) mass is 516 g/mol. The van der Waals surface area contributed by atoms with Crippen LogP contribution in [0.3, 0.4) is 0 Å². The van der Waals surface area contributed by atoms with Gasteiger partial charge >= 0.3 is 0 Å². The van der Waals surface area contributed by atoms with Gasteiger partial charge in [0.2, 0.25) is 17.7 Å². The molecule has 198 valence electrons. The van der Waals surface area contributed by atoms with Crippen LogP contribution in [0, 0.1) is 17.3 Å². The zero-order valence-electron chi connectivity index (χ0n) is 22.0. The topological polar surface area (TPSA) is 95.7 Å². The molecule has 7 nitrogen and oxygen atoms in total. The minimum Gasteiger partial charge on any atom is -0.368 e. The number of halogens is 1. The van der Waals surface area contributed by atoms with Crippen molar-refractivity contribution in [3.63, 3.8) is 0 Å². The first-order valence-corrected chi connectivity index (χ1v) is 13.7. The van der Waals surface area contributed by atoms with E-state index in [4.69, 9.17) is 17.3 Å². The standard InChI is InChI=1S/C28H41ClN4O3/c1-17-5-11-20(12-6-17)33(27(36)28(2,3)4)21-13-24(25(30)34)32(16-21)26(35)23-15-31-14-22(23)18-7-9-19(29)10-8-18/h7-10,17,20-24,31H,5-6,11-16H2,1-4H3,(H2,30,34)/t17?,20?,21-,22-,23+,24-/m0/s1. The van der Waals surface area contributed by atoms with Crippen LogP contribution in [0.1, 0.15) is 71.3 Å². The molecule has 4 rings (SSSR count). The van der Waals surface area contributed by atoms with E-state index in [1.54, 1.807) is 4.90 Å². The van der Waals surface area contributed by atoms with Crippen LogP contribution in [0.25, 0.3) is 0 Å². The van der Waals surface area contributed by atoms with Gasteiger partial charge in [-0.3, -0.25) is 14.4 Å². The fourth-order valence-corrected chi connectivity index (χ4v) is 6.40. The molecule has 3 fully saturated rings. The lowest BCUT2D eigenvalue weighted by atomic mass is 9.84. The van der Waals surface area contributed by atoms with Gasteiger partial charge in [0.05, 0.1) is 12.0 Å². The fourth-order valence-electron chi connectivity index (χ4n) is 6.28. The molecule has 0 spiro atoms. The molecular formula is C28H41ClN4O3. The van der Waals surface area contributed by atoms with Gasteiger partial charge < -0.3 is 20.9 Å². The van der Waals surface area contributed by atoms with Gasteiger partial charge in [0, 0.05) is 42.0 Å². The summed E-state index contributed by atoms with van der Waals surface area (Å²) in [6, 6.07) is 6.84. The summed E-state index contributed by atoms with van der Waals surface area (Å²) >= 11 is 6.08. The largest absolute Gasteiger partial charge is 0.368 e. The molecule has 0 bridgehead atoms. The molecule has 0 unspecified atom stereocenters. The maximum Gasteiger partial charge on any atom is 0.240 e. The van der Waals surface area contributed by atoms with Gasteiger partial charge in [-0.1, -0.05) is 51.4 Å². The maximum absolute atomic E-state index is 13.9. The molecule has 2 heterocycles. The molecule has 2 saturated heterocycles. The fraction of sp³-hybridized carbons (Fsp3) is 0.679. The van der Waals surface area contributed by atoms with Crippen LogP contribution in [-0.4, -0.2) is 65.3 Å². The van der Waals surface area contributed by atoms with E-state index >= 15 is 0 Å². The molecule has 1 saturated carbocycles. The predicted molar refractivity (Wildman–Crippen MR) is 141 cm³/mol. The molecule has 3 amide bonds. The third-order valence-electron chi connectivity index (χ3n) is 8.37. The number of carbonyl (C=O) groups is 3. The molecular weight excluding hydrogens is 476 g/mol. The highest BCUT2D eigenvalue weighted by molar-refractivity contribution is 6.30. The summed E-state index contributed by atoms with van der Waals surface area (Å²) in [4.78, 5) is 43.9. The van der Waals surface area contributed by atoms with Crippen LogP contribution < -0.4 is 11.1 Å². The lowest BCUT2D eigenvalue weighted by Gasteiger charge is -2.42. The van der Waals surface area contributed by atoms with Crippen LogP contribution in [0.15, 0.2) is 24.3 Å². The van der Waals surface area contributed by atoms with E-state index in [9.17, 15) is 14.4 Å². The van der Waals surface area contributed by atoms with E-state index in [2.05, 4.69) is 12.2 Å². The highest BCUT2D eigenvalue weighted by Gasteiger charge is 2.48. The van der Waals surface area contributed by atoms with Crippen molar-refractivity contribution >= 4 is 29.3 Å². The Kier molecular flexibility index (Phi) is 8.01. The molecule has 36 heavy (non-hydrogen) atoms. The Morgan fingerprint density at radius 1 is 1.03 bits per heavy atom. The van der Waals surface area contributed by atoms with Crippen molar-refractivity contribution in [1.82, 2.24) is 15.1 Å². The van der Waals surface area contributed by atoms with Crippen molar-refractivity contribution in [3.8, 4) is 0 Å². The van der Waals surface area contributed by atoms with Crippen molar-refractivity contribution < 1.29 is 14.4 Å². The first kappa shape index (κ1) is 26.9. The second-order valence-electron chi connectivity index (χ2n) is 12.1. The lowest BCUT2D eigenvalue weighted by Crippen LogP contribution is -2.53. The Labute approximate surface area is 220 Å². The van der Waals surface area contributed by atoms with Gasteiger partial charge in [-0.2, -0.15) is 0 Å². The van der Waals surface area contributed by atoms with Gasteiger partial charge in [0.15, 0.2) is 0 Å². The molecule has 1 aromatic carbocycles. The number of nitrogens with zero attached hydrogens (tertiary/aromatic N) is 2. The molecule has 2 aliphatic heterocycles. The molecule has 3 N–H and O–H groups in total. The summed E-state index contributed by atoms with van der Waals surface area (Å²) in [5.41, 5.74) is 6.35. The predicted octanol–water partition coefficient (Wildman–Crippen LogP) is 3.55. The van der Waals surface area contributed by atoms with Gasteiger partial charge in [-0.25, -0.2) is 0 Å². The number of hydrogen-bond acceptors (Lipinski definition) is 4. The normalized spacial score (nSPS) is 30.9. The molecule has 1 aliphatic carbocycles. The molecule has 4 atom stereocenters. The van der Waals surface area contributed by atoms with Gasteiger partial charge in [0.1, 0.15) is 6.04 Å². The van der Waals surface area contributed by atoms with Crippen molar-refractivity contribution in [2.75, 3.05) is 19.6 Å². The molecule has 0 aromatic heterocycles. The average Bonchev–Trinajstić information content (AvgIpc) is 3.48. The minimum absolute atomic E-state index is 0.00511. The minimum atomic E-state index is -0.702. The van der Waals surface area contributed by atoms with Crippen molar-refractivity contribution in [1.29, 1.82) is 0 Å². The Hall–Kier alpha value is -2.12. The SMILES string of the molecule is CC1CCC(N(C(=O)C(C)(C)C)[C@H]2C[C@@H](C(N)=O)N(C(=O)[C@@H]3CNC[C@H]3c3ccc(Cl)cc3)C2)CC1. The number of rotatable bonds is 5. The van der Waals surface area contributed by atoms with Crippen LogP contribution >= 0.6 is 11.6 Å². The number of nitrogens with one attached hydrogen (secondary N) is 1. The number of amides is 3. The number of likely N-dealkylation sites (tertiary alicyclic amines) is 1. The Morgan fingerprint density at radius 2 is 1.67 bits per heavy atom. The van der Waals surface area contributed by atoms with Crippen LogP contribution in [-0.2, 0) is 14.4 Å². The van der Waals surface area contributed by atoms with E-state index in [1.165, 1.54) is 0 Å². The zero-order chi connectivity index (χ0) is 26.2. The van der Waals surface area contributed by atoms with Gasteiger partial charge in [0.25, 0.3) is 0 Å². The highest BCUT2D eigenvalue weighted by Crippen LogP contribution is 2.37. The lowest BCUT2D eigenvalue weighted by molar-refractivity contribution is -0.146. The molecule has 8 heteroatoms. The van der Waals surface area contributed by atoms with E-state index in [-0.39, 0.29) is 35.7 Å². The smallest absolute Gasteiger partial charge is 0.240 e. The Morgan fingerprint density at radius 3 is 2.25 bits per heavy atom. The Bertz CT molecular complexity index is 968. The highest BCUT2D eigenvalue weighted by atomic mass is 35.5. The molecule has 3 aliphatic rings. The second-order valence-corrected chi connectivity index (χ2v) is 12.5. The van der Waals surface area contributed by atoms with Crippen molar-refractivity contribution in [2.24, 2.45) is 23.0 Å². The molecule has 1 aromatic rings. The first-order chi connectivity index (χ1) is 17.0. The van der Waals surface area contributed by atoms with Crippen molar-refractivity contribution in [3.05, 3.63) is 34.9 Å². The van der Waals surface area contributed by atoms with Crippen molar-refractivity contribution in [2.45, 2.75) is 83.8 Å². The third kappa shape index (κ3) is 5.57. The zero-order valence-corrected chi connectivity index (χ0v) is 22.8. The number of carbonyl (C=O) groups excluding carboxylic acids is 3. The summed E-state index contributed by atoms with van der Waals surface area (Å²) in [6.07, 6.45) is 4.49. The Balaban J connectivity index is 1.58. The maximum atomic E-state index is 13.9. The van der Waals surface area contributed by atoms with E-state index in [0.717, 1.165) is 31.2 Å². The number of primary amides is 1. The number of hydrogen-bond donors (Lipinski definition) is 2. The second kappa shape index (κ2) is 10.7. The van der Waals surface area contributed by atoms with Crippen LogP contribution in [0.2, 0.25) is 5.02 Å².